The average Bonchev–Trinajstić information content (AvgIpc) is 2.15. The summed E-state index contributed by atoms with van der Waals surface area (Å²) in [6, 6.07) is 3.08. The van der Waals surface area contributed by atoms with Crippen molar-refractivity contribution in [3.05, 3.63) is 42.5 Å². The van der Waals surface area contributed by atoms with Gasteiger partial charge in [0.15, 0.2) is 0 Å². The van der Waals surface area contributed by atoms with Crippen LogP contribution in [0.25, 0.3) is 0 Å². The molecule has 0 unspecified atom stereocenters. The van der Waals surface area contributed by atoms with Crippen LogP contribution in [0.3, 0.4) is 0 Å². The van der Waals surface area contributed by atoms with Crippen LogP contribution >= 0.6 is 0 Å². The Morgan fingerprint density at radius 2 is 2.12 bits per heavy atom. The zero-order valence-electron chi connectivity index (χ0n) is 8.84. The van der Waals surface area contributed by atoms with Crippen molar-refractivity contribution >= 4 is 11.6 Å². The number of carbonyl (C=O) groups is 1. The molecule has 1 aromatic carbocycles. The van der Waals surface area contributed by atoms with Crippen LogP contribution in [-0.4, -0.2) is 12.5 Å². The number of amides is 1. The maximum absolute atomic E-state index is 13.3. The van der Waals surface area contributed by atoms with Gasteiger partial charge < -0.3 is 4.90 Å². The van der Waals surface area contributed by atoms with Crippen LogP contribution in [0.4, 0.5) is 14.5 Å². The number of halogens is 2. The molecule has 0 atom stereocenters. The number of benzene rings is 1. The zero-order chi connectivity index (χ0) is 11.4. The van der Waals surface area contributed by atoms with E-state index in [0.29, 0.717) is 0 Å². The van der Waals surface area contributed by atoms with E-state index in [-0.39, 0.29) is 39.9 Å². The number of rotatable bonds is 3. The summed E-state index contributed by atoms with van der Waals surface area (Å²) in [5.41, 5.74) is 0.0591. The second kappa shape index (κ2) is 6.56. The molecular formula is C11H11F2NOTi. The van der Waals surface area contributed by atoms with Gasteiger partial charge in [-0.25, -0.2) is 8.78 Å². The number of hydrogen-bond donors (Lipinski definition) is 0. The molecule has 0 radical (unpaired) electrons. The third-order valence-corrected chi connectivity index (χ3v) is 1.89. The Bertz CT molecular complexity index is 396. The van der Waals surface area contributed by atoms with Crippen LogP contribution in [0.2, 0.25) is 0 Å². The Balaban J connectivity index is 0.00000225. The number of nitrogens with zero attached hydrogens (tertiary/aromatic N) is 1. The molecule has 84 valence electrons. The van der Waals surface area contributed by atoms with E-state index in [9.17, 15) is 13.6 Å². The molecule has 2 nitrogen and oxygen atoms in total. The van der Waals surface area contributed by atoms with Gasteiger partial charge in [-0.05, 0) is 12.1 Å². The van der Waals surface area contributed by atoms with E-state index < -0.39 is 11.6 Å². The largest absolute Gasteiger partial charge is 0.306 e. The summed E-state index contributed by atoms with van der Waals surface area (Å²) >= 11 is 0. The standard InChI is InChI=1S/C11H11F2NO.Ti/c1-3-6-14(8(2)15)11-5-4-9(12)7-10(11)13;/h3-5,7H,1,6H2,2H3;. The van der Waals surface area contributed by atoms with Gasteiger partial charge in [-0.15, -0.1) is 6.58 Å². The third-order valence-electron chi connectivity index (χ3n) is 1.89. The van der Waals surface area contributed by atoms with E-state index in [0.717, 1.165) is 12.1 Å². The predicted octanol–water partition coefficient (Wildman–Crippen LogP) is 2.50. The minimum absolute atomic E-state index is 0. The maximum atomic E-state index is 13.3. The first kappa shape index (κ1) is 15.0. The molecule has 1 aromatic rings. The van der Waals surface area contributed by atoms with E-state index >= 15 is 0 Å². The van der Waals surface area contributed by atoms with Crippen LogP contribution in [0.5, 0.6) is 0 Å². The molecule has 0 saturated heterocycles. The molecule has 0 fully saturated rings. The van der Waals surface area contributed by atoms with Crippen molar-refractivity contribution in [1.82, 2.24) is 0 Å². The van der Waals surface area contributed by atoms with Crippen molar-refractivity contribution in [2.45, 2.75) is 6.92 Å². The SMILES string of the molecule is C=CCN(C(C)=O)c1ccc(F)cc1F.[Ti]. The van der Waals surface area contributed by atoms with Crippen LogP contribution in [-0.2, 0) is 26.5 Å². The summed E-state index contributed by atoms with van der Waals surface area (Å²) in [5.74, 6) is -1.74. The fourth-order valence-electron chi connectivity index (χ4n) is 1.23. The second-order valence-corrected chi connectivity index (χ2v) is 3.01. The Morgan fingerprint density at radius 1 is 1.50 bits per heavy atom. The Hall–Kier alpha value is -0.996. The van der Waals surface area contributed by atoms with Crippen LogP contribution in [0, 0.1) is 11.6 Å². The van der Waals surface area contributed by atoms with Gasteiger partial charge in [0.1, 0.15) is 11.6 Å². The van der Waals surface area contributed by atoms with Gasteiger partial charge in [-0.1, -0.05) is 6.08 Å². The van der Waals surface area contributed by atoms with Gasteiger partial charge in [0.25, 0.3) is 0 Å². The molecule has 0 aliphatic heterocycles. The van der Waals surface area contributed by atoms with Gasteiger partial charge >= 0.3 is 0 Å². The molecule has 0 aliphatic rings. The van der Waals surface area contributed by atoms with Crippen molar-refractivity contribution in [1.29, 1.82) is 0 Å². The average molecular weight is 259 g/mol. The first-order chi connectivity index (χ1) is 7.06. The third kappa shape index (κ3) is 3.54. The summed E-state index contributed by atoms with van der Waals surface area (Å²) < 4.78 is 26.0. The summed E-state index contributed by atoms with van der Waals surface area (Å²) in [7, 11) is 0. The summed E-state index contributed by atoms with van der Waals surface area (Å²) in [5, 5.41) is 0. The predicted molar refractivity (Wildman–Crippen MR) is 54.6 cm³/mol. The summed E-state index contributed by atoms with van der Waals surface area (Å²) in [4.78, 5) is 12.4. The Labute approximate surface area is 108 Å². The number of carbonyl (C=O) groups excluding carboxylic acids is 1. The monoisotopic (exact) mass is 259 g/mol. The zero-order valence-corrected chi connectivity index (χ0v) is 10.4. The second-order valence-electron chi connectivity index (χ2n) is 3.01. The number of anilines is 1. The topological polar surface area (TPSA) is 20.3 Å². The molecule has 5 heteroatoms. The molecule has 0 N–H and O–H groups in total. The smallest absolute Gasteiger partial charge is 0.224 e. The van der Waals surface area contributed by atoms with Gasteiger partial charge in [0, 0.05) is 41.3 Å². The molecule has 0 bridgehead atoms. The van der Waals surface area contributed by atoms with Crippen LogP contribution < -0.4 is 4.90 Å². The fourth-order valence-corrected chi connectivity index (χ4v) is 1.23. The van der Waals surface area contributed by atoms with E-state index in [4.69, 9.17) is 0 Å². The van der Waals surface area contributed by atoms with Crippen molar-refractivity contribution in [2.24, 2.45) is 0 Å². The van der Waals surface area contributed by atoms with E-state index in [1.165, 1.54) is 24.0 Å². The van der Waals surface area contributed by atoms with Gasteiger partial charge in [0.05, 0.1) is 5.69 Å². The van der Waals surface area contributed by atoms with Crippen molar-refractivity contribution in [3.8, 4) is 0 Å². The number of hydrogen-bond acceptors (Lipinski definition) is 1. The van der Waals surface area contributed by atoms with Gasteiger partial charge in [0.2, 0.25) is 5.91 Å². The summed E-state index contributed by atoms with van der Waals surface area (Å²) in [6.45, 7) is 4.97. The minimum atomic E-state index is -0.757. The summed E-state index contributed by atoms with van der Waals surface area (Å²) in [6.07, 6.45) is 1.48. The fraction of sp³-hybridized carbons (Fsp3) is 0.182. The Kier molecular flexibility index (Phi) is 6.15. The van der Waals surface area contributed by atoms with Crippen LogP contribution in [0.1, 0.15) is 6.92 Å². The molecule has 0 saturated carbocycles. The maximum Gasteiger partial charge on any atom is 0.224 e. The van der Waals surface area contributed by atoms with Gasteiger partial charge in [-0.2, -0.15) is 0 Å². The van der Waals surface area contributed by atoms with Crippen molar-refractivity contribution in [2.75, 3.05) is 11.4 Å². The normalized spacial score (nSPS) is 9.19. The molecule has 1 amide bonds. The van der Waals surface area contributed by atoms with Crippen molar-refractivity contribution in [3.63, 3.8) is 0 Å². The molecular weight excluding hydrogens is 248 g/mol. The molecule has 0 aliphatic carbocycles. The van der Waals surface area contributed by atoms with Crippen LogP contribution in [0.15, 0.2) is 30.9 Å². The van der Waals surface area contributed by atoms with Crippen molar-refractivity contribution < 1.29 is 35.3 Å². The molecule has 0 spiro atoms. The Morgan fingerprint density at radius 3 is 2.56 bits per heavy atom. The van der Waals surface area contributed by atoms with E-state index in [1.807, 2.05) is 0 Å². The molecule has 0 heterocycles. The molecule has 0 aromatic heterocycles. The quantitative estimate of drug-likeness (QED) is 0.603. The molecule has 1 rings (SSSR count). The molecule has 16 heavy (non-hydrogen) atoms. The first-order valence-corrected chi connectivity index (χ1v) is 4.40. The minimum Gasteiger partial charge on any atom is -0.306 e. The van der Waals surface area contributed by atoms with Gasteiger partial charge in [-0.3, -0.25) is 4.79 Å². The van der Waals surface area contributed by atoms with E-state index in [2.05, 4.69) is 6.58 Å². The first-order valence-electron chi connectivity index (χ1n) is 4.40. The van der Waals surface area contributed by atoms with E-state index in [1.54, 1.807) is 0 Å².